The Morgan fingerprint density at radius 3 is 2.38 bits per heavy atom. The number of aromatic nitrogens is 3. The van der Waals surface area contributed by atoms with Crippen molar-refractivity contribution in [2.24, 2.45) is 0 Å². The normalized spacial score (nSPS) is 14.6. The van der Waals surface area contributed by atoms with Gasteiger partial charge in [0.15, 0.2) is 0 Å². The fourth-order valence-corrected chi connectivity index (χ4v) is 4.89. The maximum absolute atomic E-state index is 13.1. The smallest absolute Gasteiger partial charge is 0.257 e. The molecule has 0 aliphatic carbocycles. The fraction of sp³-hybridized carbons (Fsp3) is 0.240. The van der Waals surface area contributed by atoms with Crippen molar-refractivity contribution < 1.29 is 4.79 Å². The first-order valence-electron chi connectivity index (χ1n) is 10.8. The van der Waals surface area contributed by atoms with Gasteiger partial charge in [0.1, 0.15) is 5.01 Å². The van der Waals surface area contributed by atoms with Gasteiger partial charge in [-0.05, 0) is 19.1 Å². The minimum atomic E-state index is 0.0601. The molecule has 162 valence electrons. The summed E-state index contributed by atoms with van der Waals surface area (Å²) in [6, 6.07) is 20.2. The van der Waals surface area contributed by atoms with Crippen LogP contribution in [0.1, 0.15) is 21.1 Å². The van der Waals surface area contributed by atoms with Crippen LogP contribution in [0.2, 0.25) is 0 Å². The van der Waals surface area contributed by atoms with E-state index < -0.39 is 0 Å². The lowest BCUT2D eigenvalue weighted by Gasteiger charge is -2.34. The number of para-hydroxylation sites is 1. The molecule has 32 heavy (non-hydrogen) atoms. The number of rotatable bonds is 5. The van der Waals surface area contributed by atoms with Crippen molar-refractivity contribution in [3.63, 3.8) is 0 Å². The van der Waals surface area contributed by atoms with Gasteiger partial charge in [0.25, 0.3) is 5.91 Å². The van der Waals surface area contributed by atoms with E-state index in [0.717, 1.165) is 47.3 Å². The SMILES string of the molecule is Cc1c(C(=O)N2CCN(Cc3nc(-c4ccccc4)cs3)CC2)cnn1-c1ccccc1. The highest BCUT2D eigenvalue weighted by Gasteiger charge is 2.25. The Kier molecular flexibility index (Phi) is 5.83. The quantitative estimate of drug-likeness (QED) is 0.462. The third kappa shape index (κ3) is 4.22. The van der Waals surface area contributed by atoms with Crippen LogP contribution in [-0.2, 0) is 6.54 Å². The van der Waals surface area contributed by atoms with Crippen molar-refractivity contribution in [3.8, 4) is 16.9 Å². The van der Waals surface area contributed by atoms with E-state index in [1.165, 1.54) is 0 Å². The Hall–Kier alpha value is -3.29. The lowest BCUT2D eigenvalue weighted by Crippen LogP contribution is -2.48. The summed E-state index contributed by atoms with van der Waals surface area (Å²) in [5.74, 6) is 0.0601. The lowest BCUT2D eigenvalue weighted by atomic mass is 10.2. The zero-order chi connectivity index (χ0) is 21.9. The number of piperazine rings is 1. The van der Waals surface area contributed by atoms with Crippen LogP contribution in [0.5, 0.6) is 0 Å². The molecule has 0 atom stereocenters. The summed E-state index contributed by atoms with van der Waals surface area (Å²) >= 11 is 1.70. The zero-order valence-corrected chi connectivity index (χ0v) is 18.8. The average Bonchev–Trinajstić information content (AvgIpc) is 3.47. The summed E-state index contributed by atoms with van der Waals surface area (Å²) in [5, 5.41) is 7.69. The molecule has 0 radical (unpaired) electrons. The monoisotopic (exact) mass is 443 g/mol. The predicted molar refractivity (Wildman–Crippen MR) is 127 cm³/mol. The Bertz CT molecular complexity index is 1190. The van der Waals surface area contributed by atoms with Gasteiger partial charge in [-0.2, -0.15) is 5.10 Å². The van der Waals surface area contributed by atoms with Gasteiger partial charge in [0, 0.05) is 37.1 Å². The average molecular weight is 444 g/mol. The van der Waals surface area contributed by atoms with E-state index in [-0.39, 0.29) is 5.91 Å². The van der Waals surface area contributed by atoms with E-state index in [1.807, 2.05) is 65.0 Å². The minimum absolute atomic E-state index is 0.0601. The number of carbonyl (C=O) groups excluding carboxylic acids is 1. The molecule has 0 bridgehead atoms. The molecule has 1 aliphatic rings. The number of amides is 1. The number of hydrogen-bond donors (Lipinski definition) is 0. The first-order valence-corrected chi connectivity index (χ1v) is 11.7. The molecule has 2 aromatic heterocycles. The van der Waals surface area contributed by atoms with Crippen LogP contribution in [0, 0.1) is 6.92 Å². The Labute approximate surface area is 191 Å². The standard InChI is InChI=1S/C25H25N5OS/c1-19-22(16-26-30(19)21-10-6-3-7-11-21)25(31)29-14-12-28(13-15-29)17-24-27-23(18-32-24)20-8-4-2-5-9-20/h2-11,16,18H,12-15,17H2,1H3. The van der Waals surface area contributed by atoms with Crippen molar-refractivity contribution in [2.75, 3.05) is 26.2 Å². The molecule has 0 unspecified atom stereocenters. The molecule has 1 aliphatic heterocycles. The maximum Gasteiger partial charge on any atom is 0.257 e. The molecule has 7 heteroatoms. The highest BCUT2D eigenvalue weighted by atomic mass is 32.1. The summed E-state index contributed by atoms with van der Waals surface area (Å²) in [5.41, 5.74) is 4.70. The third-order valence-corrected chi connectivity index (χ3v) is 6.71. The number of nitrogens with zero attached hydrogens (tertiary/aromatic N) is 5. The van der Waals surface area contributed by atoms with Crippen LogP contribution in [-0.4, -0.2) is 56.7 Å². The molecular weight excluding hydrogens is 418 g/mol. The molecule has 6 nitrogen and oxygen atoms in total. The minimum Gasteiger partial charge on any atom is -0.336 e. The van der Waals surface area contributed by atoms with Gasteiger partial charge in [-0.1, -0.05) is 48.5 Å². The molecule has 0 spiro atoms. The van der Waals surface area contributed by atoms with Crippen molar-refractivity contribution in [1.29, 1.82) is 0 Å². The zero-order valence-electron chi connectivity index (χ0n) is 18.0. The summed E-state index contributed by atoms with van der Waals surface area (Å²) in [7, 11) is 0. The lowest BCUT2D eigenvalue weighted by molar-refractivity contribution is 0.0627. The van der Waals surface area contributed by atoms with E-state index in [4.69, 9.17) is 4.98 Å². The second-order valence-corrected chi connectivity index (χ2v) is 8.89. The summed E-state index contributed by atoms with van der Waals surface area (Å²) in [6.07, 6.45) is 1.69. The number of carbonyl (C=O) groups is 1. The molecule has 0 saturated carbocycles. The second-order valence-electron chi connectivity index (χ2n) is 7.95. The van der Waals surface area contributed by atoms with E-state index in [0.29, 0.717) is 18.7 Å². The van der Waals surface area contributed by atoms with Gasteiger partial charge >= 0.3 is 0 Å². The number of benzene rings is 2. The van der Waals surface area contributed by atoms with Crippen LogP contribution in [0.3, 0.4) is 0 Å². The molecule has 1 saturated heterocycles. The van der Waals surface area contributed by atoms with E-state index in [1.54, 1.807) is 17.5 Å². The number of hydrogen-bond acceptors (Lipinski definition) is 5. The van der Waals surface area contributed by atoms with Crippen molar-refractivity contribution in [1.82, 2.24) is 24.6 Å². The second kappa shape index (κ2) is 9.06. The van der Waals surface area contributed by atoms with Gasteiger partial charge in [0.2, 0.25) is 0 Å². The van der Waals surface area contributed by atoms with Crippen LogP contribution < -0.4 is 0 Å². The molecule has 1 amide bonds. The van der Waals surface area contributed by atoms with Gasteiger partial charge < -0.3 is 4.90 Å². The largest absolute Gasteiger partial charge is 0.336 e. The van der Waals surface area contributed by atoms with Gasteiger partial charge in [-0.3, -0.25) is 9.69 Å². The molecule has 0 N–H and O–H groups in total. The summed E-state index contributed by atoms with van der Waals surface area (Å²) in [4.78, 5) is 22.2. The van der Waals surface area contributed by atoms with Crippen LogP contribution in [0.25, 0.3) is 16.9 Å². The van der Waals surface area contributed by atoms with E-state index >= 15 is 0 Å². The molecule has 2 aromatic carbocycles. The molecule has 3 heterocycles. The molecular formula is C25H25N5OS. The van der Waals surface area contributed by atoms with Crippen molar-refractivity contribution in [2.45, 2.75) is 13.5 Å². The van der Waals surface area contributed by atoms with Crippen molar-refractivity contribution in [3.05, 3.63) is 88.5 Å². The van der Waals surface area contributed by atoms with E-state index in [2.05, 4.69) is 27.5 Å². The predicted octanol–water partition coefficient (Wildman–Crippen LogP) is 4.26. The fourth-order valence-electron chi connectivity index (χ4n) is 4.04. The summed E-state index contributed by atoms with van der Waals surface area (Å²) < 4.78 is 1.83. The number of thiazole rings is 1. The van der Waals surface area contributed by atoms with Crippen LogP contribution in [0.4, 0.5) is 0 Å². The summed E-state index contributed by atoms with van der Waals surface area (Å²) in [6.45, 7) is 5.90. The third-order valence-electron chi connectivity index (χ3n) is 5.88. The molecule has 5 rings (SSSR count). The van der Waals surface area contributed by atoms with Crippen LogP contribution in [0.15, 0.2) is 72.2 Å². The van der Waals surface area contributed by atoms with Gasteiger partial charge in [-0.25, -0.2) is 9.67 Å². The van der Waals surface area contributed by atoms with E-state index in [9.17, 15) is 4.79 Å². The topological polar surface area (TPSA) is 54.3 Å². The van der Waals surface area contributed by atoms with Gasteiger partial charge in [0.05, 0.1) is 35.4 Å². The highest BCUT2D eigenvalue weighted by Crippen LogP contribution is 2.23. The molecule has 1 fully saturated rings. The van der Waals surface area contributed by atoms with Crippen LogP contribution >= 0.6 is 11.3 Å². The molecule has 4 aromatic rings. The first kappa shape index (κ1) is 20.6. The Morgan fingerprint density at radius 2 is 1.66 bits per heavy atom. The Morgan fingerprint density at radius 1 is 0.969 bits per heavy atom. The Balaban J connectivity index is 1.20. The van der Waals surface area contributed by atoms with Gasteiger partial charge in [-0.15, -0.1) is 11.3 Å². The first-order chi connectivity index (χ1) is 15.7. The maximum atomic E-state index is 13.1. The highest BCUT2D eigenvalue weighted by molar-refractivity contribution is 7.09. The van der Waals surface area contributed by atoms with Crippen molar-refractivity contribution >= 4 is 17.2 Å².